The van der Waals surface area contributed by atoms with Gasteiger partial charge < -0.3 is 19.6 Å². The predicted molar refractivity (Wildman–Crippen MR) is 110 cm³/mol. The maximum absolute atomic E-state index is 13.2. The third kappa shape index (κ3) is 3.40. The molecule has 2 aromatic carbocycles. The van der Waals surface area contributed by atoms with E-state index in [0.717, 1.165) is 37.4 Å². The molecule has 2 heterocycles. The highest BCUT2D eigenvalue weighted by atomic mass is 16.5. The van der Waals surface area contributed by atoms with Crippen molar-refractivity contribution < 1.29 is 14.6 Å². The second-order valence-corrected chi connectivity index (χ2v) is 7.73. The Morgan fingerprint density at radius 1 is 1.07 bits per heavy atom. The zero-order valence-electron chi connectivity index (χ0n) is 16.4. The summed E-state index contributed by atoms with van der Waals surface area (Å²) in [6.45, 7) is 5.19. The molecule has 1 saturated heterocycles. The summed E-state index contributed by atoms with van der Waals surface area (Å²) in [5, 5.41) is 10.4. The number of aliphatic hydroxyl groups excluding tert-OH is 1. The van der Waals surface area contributed by atoms with Gasteiger partial charge in [0.05, 0.1) is 5.41 Å². The Labute approximate surface area is 166 Å². The second-order valence-electron chi connectivity index (χ2n) is 7.73. The maximum atomic E-state index is 13.2. The van der Waals surface area contributed by atoms with Crippen molar-refractivity contribution in [1.82, 2.24) is 4.90 Å². The van der Waals surface area contributed by atoms with Gasteiger partial charge in [-0.1, -0.05) is 36.4 Å². The molecule has 28 heavy (non-hydrogen) atoms. The van der Waals surface area contributed by atoms with Gasteiger partial charge in [-0.05, 0) is 56.6 Å². The number of piperidine rings is 1. The fourth-order valence-corrected chi connectivity index (χ4v) is 4.57. The monoisotopic (exact) mass is 380 g/mol. The molecule has 5 nitrogen and oxygen atoms in total. The minimum atomic E-state index is -0.548. The fraction of sp³-hybridized carbons (Fsp3) is 0.435. The highest BCUT2D eigenvalue weighted by Gasteiger charge is 2.51. The normalized spacial score (nSPS) is 19.6. The van der Waals surface area contributed by atoms with Crippen molar-refractivity contribution in [3.05, 3.63) is 60.2 Å². The minimum absolute atomic E-state index is 0.240. The van der Waals surface area contributed by atoms with Crippen LogP contribution in [0.25, 0.3) is 0 Å². The molecule has 2 aromatic rings. The molecule has 1 amide bonds. The van der Waals surface area contributed by atoms with Gasteiger partial charge in [-0.2, -0.15) is 0 Å². The third-order valence-electron chi connectivity index (χ3n) is 6.05. The fourth-order valence-electron chi connectivity index (χ4n) is 4.57. The van der Waals surface area contributed by atoms with Crippen molar-refractivity contribution in [2.45, 2.75) is 31.3 Å². The van der Waals surface area contributed by atoms with Gasteiger partial charge in [-0.3, -0.25) is 4.79 Å². The Bertz CT molecular complexity index is 816. The lowest BCUT2D eigenvalue weighted by molar-refractivity contribution is -0.125. The van der Waals surface area contributed by atoms with Crippen LogP contribution in [0.2, 0.25) is 0 Å². The molecule has 4 rings (SSSR count). The molecule has 1 spiro atoms. The molecule has 0 radical (unpaired) electrons. The molecular formula is C23H28N2O3. The highest BCUT2D eigenvalue weighted by Crippen LogP contribution is 2.47. The molecule has 0 saturated carbocycles. The number of β-amino-alcohol motifs (C(OH)–C–C–N with tert-alkyl or cyclic N) is 1. The quantitative estimate of drug-likeness (QED) is 0.837. The maximum Gasteiger partial charge on any atom is 0.237 e. The smallest absolute Gasteiger partial charge is 0.237 e. The van der Waals surface area contributed by atoms with E-state index in [1.165, 1.54) is 5.56 Å². The Balaban J connectivity index is 1.36. The molecule has 1 N–H and O–H groups in total. The molecule has 5 heteroatoms. The predicted octanol–water partition coefficient (Wildman–Crippen LogP) is 2.83. The zero-order valence-corrected chi connectivity index (χ0v) is 16.4. The lowest BCUT2D eigenvalue weighted by Crippen LogP contribution is -2.50. The van der Waals surface area contributed by atoms with Crippen LogP contribution in [0.15, 0.2) is 54.6 Å². The number of aliphatic hydroxyl groups is 1. The number of nitrogens with zero attached hydrogens (tertiary/aromatic N) is 2. The Kier molecular flexibility index (Phi) is 5.38. The van der Waals surface area contributed by atoms with Gasteiger partial charge >= 0.3 is 0 Å². The van der Waals surface area contributed by atoms with Gasteiger partial charge in [0.2, 0.25) is 5.91 Å². The molecule has 0 aromatic heterocycles. The SMILES string of the molecule is CCN1C(=O)C2(CCN(CC(O)COc3ccccc3)CC2)c2ccccc21. The third-order valence-corrected chi connectivity index (χ3v) is 6.05. The van der Waals surface area contributed by atoms with Crippen LogP contribution in [0.4, 0.5) is 5.69 Å². The summed E-state index contributed by atoms with van der Waals surface area (Å²) < 4.78 is 5.66. The molecule has 148 valence electrons. The number of rotatable bonds is 6. The van der Waals surface area contributed by atoms with Crippen LogP contribution >= 0.6 is 0 Å². The molecular weight excluding hydrogens is 352 g/mol. The number of likely N-dealkylation sites (tertiary alicyclic amines) is 1. The van der Waals surface area contributed by atoms with Crippen LogP contribution in [0, 0.1) is 0 Å². The first-order valence-corrected chi connectivity index (χ1v) is 10.1. The number of carbonyl (C=O) groups is 1. The summed E-state index contributed by atoms with van der Waals surface area (Å²) in [4.78, 5) is 17.4. The van der Waals surface area contributed by atoms with Crippen molar-refractivity contribution >= 4 is 11.6 Å². The summed E-state index contributed by atoms with van der Waals surface area (Å²) in [5.74, 6) is 1.01. The molecule has 1 atom stereocenters. The minimum Gasteiger partial charge on any atom is -0.491 e. The van der Waals surface area contributed by atoms with E-state index in [0.29, 0.717) is 13.1 Å². The van der Waals surface area contributed by atoms with E-state index in [4.69, 9.17) is 4.74 Å². The van der Waals surface area contributed by atoms with Gasteiger partial charge in [0, 0.05) is 18.8 Å². The van der Waals surface area contributed by atoms with Crippen LogP contribution in [0.3, 0.4) is 0 Å². The molecule has 1 fully saturated rings. The standard InChI is InChI=1S/C23H28N2O3/c1-2-25-21-11-7-6-10-20(21)23(22(25)27)12-14-24(15-13-23)16-18(26)17-28-19-8-4-3-5-9-19/h3-11,18,26H,2,12-17H2,1H3. The Morgan fingerprint density at radius 2 is 1.75 bits per heavy atom. The molecule has 2 aliphatic rings. The highest BCUT2D eigenvalue weighted by molar-refractivity contribution is 6.08. The average molecular weight is 380 g/mol. The van der Waals surface area contributed by atoms with Gasteiger partial charge in [0.25, 0.3) is 0 Å². The summed E-state index contributed by atoms with van der Waals surface area (Å²) >= 11 is 0. The lowest BCUT2D eigenvalue weighted by atomic mass is 9.73. The van der Waals surface area contributed by atoms with E-state index in [1.807, 2.05) is 54.3 Å². The topological polar surface area (TPSA) is 53.0 Å². The summed E-state index contributed by atoms with van der Waals surface area (Å²) in [5.41, 5.74) is 1.85. The molecule has 0 bridgehead atoms. The number of ether oxygens (including phenoxy) is 1. The number of fused-ring (bicyclic) bond motifs is 2. The number of carbonyl (C=O) groups excluding carboxylic acids is 1. The van der Waals surface area contributed by atoms with Crippen molar-refractivity contribution in [1.29, 1.82) is 0 Å². The van der Waals surface area contributed by atoms with E-state index < -0.39 is 11.5 Å². The first-order chi connectivity index (χ1) is 13.6. The molecule has 1 unspecified atom stereocenters. The van der Waals surface area contributed by atoms with Gasteiger partial charge in [-0.15, -0.1) is 0 Å². The van der Waals surface area contributed by atoms with E-state index in [9.17, 15) is 9.90 Å². The van der Waals surface area contributed by atoms with Crippen molar-refractivity contribution in [2.75, 3.05) is 37.7 Å². The number of benzene rings is 2. The summed E-state index contributed by atoms with van der Waals surface area (Å²) in [6, 6.07) is 17.8. The number of para-hydroxylation sites is 2. The van der Waals surface area contributed by atoms with E-state index >= 15 is 0 Å². The largest absolute Gasteiger partial charge is 0.491 e. The molecule has 2 aliphatic heterocycles. The summed E-state index contributed by atoms with van der Waals surface area (Å²) in [6.07, 6.45) is 1.05. The van der Waals surface area contributed by atoms with Crippen LogP contribution in [0.1, 0.15) is 25.3 Å². The van der Waals surface area contributed by atoms with Crippen molar-refractivity contribution in [2.24, 2.45) is 0 Å². The van der Waals surface area contributed by atoms with Crippen LogP contribution in [-0.2, 0) is 10.2 Å². The van der Waals surface area contributed by atoms with E-state index in [2.05, 4.69) is 17.0 Å². The van der Waals surface area contributed by atoms with Gasteiger partial charge in [0.1, 0.15) is 18.5 Å². The van der Waals surface area contributed by atoms with Crippen molar-refractivity contribution in [3.8, 4) is 5.75 Å². The van der Waals surface area contributed by atoms with E-state index in [1.54, 1.807) is 0 Å². The van der Waals surface area contributed by atoms with Crippen LogP contribution in [-0.4, -0.2) is 54.8 Å². The number of likely N-dealkylation sites (N-methyl/N-ethyl adjacent to an activating group) is 1. The van der Waals surface area contributed by atoms with Crippen molar-refractivity contribution in [3.63, 3.8) is 0 Å². The first-order valence-electron chi connectivity index (χ1n) is 10.1. The average Bonchev–Trinajstić information content (AvgIpc) is 2.97. The number of hydrogen-bond acceptors (Lipinski definition) is 4. The zero-order chi connectivity index (χ0) is 19.6. The number of amides is 1. The Morgan fingerprint density at radius 3 is 2.46 bits per heavy atom. The number of anilines is 1. The lowest BCUT2D eigenvalue weighted by Gasteiger charge is -2.39. The summed E-state index contributed by atoms with van der Waals surface area (Å²) in [7, 11) is 0. The second kappa shape index (κ2) is 7.94. The van der Waals surface area contributed by atoms with Gasteiger partial charge in [0.15, 0.2) is 0 Å². The molecule has 0 aliphatic carbocycles. The van der Waals surface area contributed by atoms with Gasteiger partial charge in [-0.25, -0.2) is 0 Å². The van der Waals surface area contributed by atoms with Crippen LogP contribution < -0.4 is 9.64 Å². The number of hydrogen-bond donors (Lipinski definition) is 1. The Hall–Kier alpha value is -2.37. The van der Waals surface area contributed by atoms with E-state index in [-0.39, 0.29) is 12.5 Å². The first kappa shape index (κ1) is 19.0. The van der Waals surface area contributed by atoms with Crippen LogP contribution in [0.5, 0.6) is 5.75 Å².